The van der Waals surface area contributed by atoms with E-state index in [-0.39, 0.29) is 16.6 Å². The number of rotatable bonds is 3. The Morgan fingerprint density at radius 1 is 1.24 bits per heavy atom. The lowest BCUT2D eigenvalue weighted by molar-refractivity contribution is 0.0778. The van der Waals surface area contributed by atoms with Crippen LogP contribution in [-0.2, 0) is 9.84 Å². The monoisotopic (exact) mass is 308 g/mol. The van der Waals surface area contributed by atoms with Crippen molar-refractivity contribution in [2.24, 2.45) is 11.8 Å². The summed E-state index contributed by atoms with van der Waals surface area (Å²) in [5.74, 6) is 0.858. The number of amides is 1. The van der Waals surface area contributed by atoms with Crippen molar-refractivity contribution in [3.63, 3.8) is 0 Å². The summed E-state index contributed by atoms with van der Waals surface area (Å²) in [7, 11) is -3.38. The second-order valence-corrected chi connectivity index (χ2v) is 8.03. The van der Waals surface area contributed by atoms with Gasteiger partial charge < -0.3 is 10.2 Å². The summed E-state index contributed by atoms with van der Waals surface area (Å²) < 4.78 is 24.3. The number of benzene rings is 1. The molecule has 1 aromatic carbocycles. The van der Waals surface area contributed by atoms with E-state index in [9.17, 15) is 13.2 Å². The van der Waals surface area contributed by atoms with Crippen molar-refractivity contribution in [3.05, 3.63) is 29.8 Å². The number of hydrogen-bond acceptors (Lipinski definition) is 4. The number of likely N-dealkylation sites (tertiary alicyclic amines) is 1. The molecule has 0 unspecified atom stereocenters. The van der Waals surface area contributed by atoms with Gasteiger partial charge in [-0.25, -0.2) is 8.42 Å². The van der Waals surface area contributed by atoms with Crippen LogP contribution in [0.2, 0.25) is 0 Å². The summed E-state index contributed by atoms with van der Waals surface area (Å²) in [6.07, 6.45) is 0. The number of carbonyl (C=O) groups excluding carboxylic acids is 1. The fourth-order valence-corrected chi connectivity index (χ4v) is 4.35. The third-order valence-corrected chi connectivity index (χ3v) is 6.30. The maximum absolute atomic E-state index is 12.7. The molecule has 3 rings (SSSR count). The van der Waals surface area contributed by atoms with Gasteiger partial charge in [0.15, 0.2) is 9.84 Å². The Balaban J connectivity index is 1.89. The zero-order chi connectivity index (χ0) is 15.0. The largest absolute Gasteiger partial charge is 0.338 e. The molecular weight excluding hydrogens is 288 g/mol. The van der Waals surface area contributed by atoms with Crippen LogP contribution in [0, 0.1) is 11.8 Å². The van der Waals surface area contributed by atoms with Gasteiger partial charge in [0.2, 0.25) is 0 Å². The lowest BCUT2D eigenvalue weighted by Gasteiger charge is -2.19. The van der Waals surface area contributed by atoms with E-state index in [1.807, 2.05) is 0 Å². The van der Waals surface area contributed by atoms with Gasteiger partial charge in [-0.3, -0.25) is 4.79 Å². The molecule has 21 heavy (non-hydrogen) atoms. The third kappa shape index (κ3) is 2.58. The highest BCUT2D eigenvalue weighted by atomic mass is 32.2. The molecule has 0 bridgehead atoms. The molecule has 1 N–H and O–H groups in total. The molecule has 1 amide bonds. The van der Waals surface area contributed by atoms with Crippen molar-refractivity contribution >= 4 is 15.7 Å². The zero-order valence-corrected chi connectivity index (χ0v) is 12.9. The summed E-state index contributed by atoms with van der Waals surface area (Å²) in [6.45, 7) is 4.93. The van der Waals surface area contributed by atoms with Gasteiger partial charge in [-0.2, -0.15) is 0 Å². The molecule has 6 heteroatoms. The summed E-state index contributed by atoms with van der Waals surface area (Å²) in [4.78, 5) is 14.7. The molecule has 2 fully saturated rings. The maximum Gasteiger partial charge on any atom is 0.255 e. The Morgan fingerprint density at radius 3 is 2.48 bits per heavy atom. The minimum absolute atomic E-state index is 0.00641. The van der Waals surface area contributed by atoms with Gasteiger partial charge in [0, 0.05) is 26.2 Å². The first-order chi connectivity index (χ1) is 10.0. The number of nitrogens with zero attached hydrogens (tertiary/aromatic N) is 1. The van der Waals surface area contributed by atoms with Crippen molar-refractivity contribution < 1.29 is 13.2 Å². The first kappa shape index (κ1) is 14.5. The van der Waals surface area contributed by atoms with Gasteiger partial charge in [0.25, 0.3) is 5.91 Å². The molecule has 114 valence electrons. The highest BCUT2D eigenvalue weighted by Crippen LogP contribution is 2.28. The topological polar surface area (TPSA) is 66.5 Å². The Morgan fingerprint density at radius 2 is 1.86 bits per heavy atom. The zero-order valence-electron chi connectivity index (χ0n) is 12.1. The van der Waals surface area contributed by atoms with Crippen LogP contribution in [0.1, 0.15) is 17.3 Å². The summed E-state index contributed by atoms with van der Waals surface area (Å²) >= 11 is 0. The van der Waals surface area contributed by atoms with E-state index in [1.54, 1.807) is 30.0 Å². The molecule has 0 spiro atoms. The van der Waals surface area contributed by atoms with E-state index in [1.165, 1.54) is 6.07 Å². The number of carbonyl (C=O) groups is 1. The smallest absolute Gasteiger partial charge is 0.255 e. The molecule has 0 aromatic heterocycles. The summed E-state index contributed by atoms with van der Waals surface area (Å²) in [6, 6.07) is 6.55. The molecule has 2 aliphatic rings. The Hall–Kier alpha value is -1.40. The molecule has 2 atom stereocenters. The van der Waals surface area contributed by atoms with Crippen molar-refractivity contribution in [2.45, 2.75) is 11.8 Å². The lowest BCUT2D eigenvalue weighted by atomic mass is 10.0. The SMILES string of the molecule is CCS(=O)(=O)c1ccccc1C(=O)N1C[C@H]2CNC[C@H]2C1. The standard InChI is InChI=1S/C15H20N2O3S/c1-2-21(19,20)14-6-4-3-5-13(14)15(18)17-9-11-7-16-8-12(11)10-17/h3-6,11-12,16H,2,7-10H2,1H3/t11-,12+. The molecule has 0 aliphatic carbocycles. The van der Waals surface area contributed by atoms with Crippen LogP contribution in [0.4, 0.5) is 0 Å². The first-order valence-electron chi connectivity index (χ1n) is 7.34. The molecule has 5 nitrogen and oxygen atoms in total. The van der Waals surface area contributed by atoms with E-state index >= 15 is 0 Å². The van der Waals surface area contributed by atoms with Gasteiger partial charge in [-0.1, -0.05) is 19.1 Å². The Labute approximate surface area is 125 Å². The van der Waals surface area contributed by atoms with Gasteiger partial charge in [0.05, 0.1) is 16.2 Å². The Kier molecular flexibility index (Phi) is 3.75. The average molecular weight is 308 g/mol. The first-order valence-corrected chi connectivity index (χ1v) is 9.00. The molecule has 0 radical (unpaired) electrons. The second kappa shape index (κ2) is 5.42. The molecule has 1 aromatic rings. The van der Waals surface area contributed by atoms with Crippen LogP contribution in [0.3, 0.4) is 0 Å². The molecule has 0 saturated carbocycles. The maximum atomic E-state index is 12.7. The lowest BCUT2D eigenvalue weighted by Crippen LogP contribution is -2.32. The quantitative estimate of drug-likeness (QED) is 0.896. The fourth-order valence-electron chi connectivity index (χ4n) is 3.26. The number of sulfone groups is 1. The molecular formula is C15H20N2O3S. The number of hydrogen-bond donors (Lipinski definition) is 1. The summed E-state index contributed by atoms with van der Waals surface area (Å²) in [5.41, 5.74) is 0.312. The molecule has 2 saturated heterocycles. The third-order valence-electron chi connectivity index (χ3n) is 4.51. The molecule has 2 aliphatic heterocycles. The van der Waals surface area contributed by atoms with Crippen LogP contribution in [-0.4, -0.2) is 51.2 Å². The van der Waals surface area contributed by atoms with Gasteiger partial charge in [0.1, 0.15) is 0 Å². The normalized spacial score (nSPS) is 25.1. The van der Waals surface area contributed by atoms with Gasteiger partial charge >= 0.3 is 0 Å². The van der Waals surface area contributed by atoms with E-state index in [4.69, 9.17) is 0 Å². The molecule has 2 heterocycles. The van der Waals surface area contributed by atoms with Crippen molar-refractivity contribution in [1.82, 2.24) is 10.2 Å². The van der Waals surface area contributed by atoms with E-state index in [0.29, 0.717) is 17.4 Å². The second-order valence-electron chi connectivity index (χ2n) is 5.79. The highest BCUT2D eigenvalue weighted by molar-refractivity contribution is 7.91. The van der Waals surface area contributed by atoms with Crippen molar-refractivity contribution in [3.8, 4) is 0 Å². The van der Waals surface area contributed by atoms with Gasteiger partial charge in [-0.15, -0.1) is 0 Å². The van der Waals surface area contributed by atoms with Crippen LogP contribution in [0.25, 0.3) is 0 Å². The average Bonchev–Trinajstić information content (AvgIpc) is 3.07. The van der Waals surface area contributed by atoms with E-state index in [2.05, 4.69) is 5.32 Å². The van der Waals surface area contributed by atoms with E-state index in [0.717, 1.165) is 26.2 Å². The van der Waals surface area contributed by atoms with Crippen LogP contribution >= 0.6 is 0 Å². The van der Waals surface area contributed by atoms with Gasteiger partial charge in [-0.05, 0) is 24.0 Å². The number of fused-ring (bicyclic) bond motifs is 1. The van der Waals surface area contributed by atoms with Crippen molar-refractivity contribution in [1.29, 1.82) is 0 Å². The van der Waals surface area contributed by atoms with Crippen molar-refractivity contribution in [2.75, 3.05) is 31.9 Å². The predicted molar refractivity (Wildman–Crippen MR) is 79.9 cm³/mol. The van der Waals surface area contributed by atoms with E-state index < -0.39 is 9.84 Å². The van der Waals surface area contributed by atoms with Crippen LogP contribution in [0.5, 0.6) is 0 Å². The fraction of sp³-hybridized carbons (Fsp3) is 0.533. The van der Waals surface area contributed by atoms with Crippen LogP contribution < -0.4 is 5.32 Å². The minimum Gasteiger partial charge on any atom is -0.338 e. The summed E-state index contributed by atoms with van der Waals surface area (Å²) in [5, 5.41) is 3.33. The minimum atomic E-state index is -3.38. The number of nitrogens with one attached hydrogen (secondary N) is 1. The Bertz CT molecular complexity index is 645. The van der Waals surface area contributed by atoms with Crippen LogP contribution in [0.15, 0.2) is 29.2 Å². The predicted octanol–water partition coefficient (Wildman–Crippen LogP) is 0.772. The highest BCUT2D eigenvalue weighted by Gasteiger charge is 2.39.